The second-order valence-electron chi connectivity index (χ2n) is 4.61. The van der Waals surface area contributed by atoms with Crippen LogP contribution in [0.1, 0.15) is 28.7 Å². The first-order valence-electron chi connectivity index (χ1n) is 5.73. The first kappa shape index (κ1) is 9.82. The number of hydrogen-bond acceptors (Lipinski definition) is 1. The summed E-state index contributed by atoms with van der Waals surface area (Å²) in [4.78, 5) is 10.5. The number of alkyl halides is 1. The predicted octanol–water partition coefficient (Wildman–Crippen LogP) is 2.09. The van der Waals surface area contributed by atoms with Crippen LogP contribution in [0.3, 0.4) is 0 Å². The molecule has 83 valence electrons. The Balaban J connectivity index is 2.16. The van der Waals surface area contributed by atoms with Crippen molar-refractivity contribution in [2.75, 3.05) is 5.32 Å². The van der Waals surface area contributed by atoms with E-state index in [0.29, 0.717) is 12.8 Å². The van der Waals surface area contributed by atoms with E-state index in [-0.39, 0.29) is 0 Å². The molecule has 1 aromatic rings. The molecule has 3 rings (SSSR count). The largest absolute Gasteiger partial charge is 0.317 e. The van der Waals surface area contributed by atoms with Crippen LogP contribution < -0.4 is 5.32 Å². The molecular formula is C13H13FNO. The summed E-state index contributed by atoms with van der Waals surface area (Å²) >= 11 is 0. The molecule has 0 aliphatic heterocycles. The van der Waals surface area contributed by atoms with Crippen molar-refractivity contribution in [2.24, 2.45) is 0 Å². The molecule has 0 aromatic heterocycles. The van der Waals surface area contributed by atoms with E-state index in [1.165, 1.54) is 11.1 Å². The molecule has 1 amide bonds. The lowest BCUT2D eigenvalue weighted by Gasteiger charge is -2.12. The van der Waals surface area contributed by atoms with Crippen molar-refractivity contribution < 1.29 is 9.18 Å². The highest BCUT2D eigenvalue weighted by atomic mass is 19.1. The Morgan fingerprint density at radius 1 is 1.25 bits per heavy atom. The third-order valence-electron chi connectivity index (χ3n) is 3.64. The number of fused-ring (bicyclic) bond motifs is 2. The van der Waals surface area contributed by atoms with Gasteiger partial charge < -0.3 is 5.32 Å². The van der Waals surface area contributed by atoms with Gasteiger partial charge in [0.05, 0.1) is 0 Å². The van der Waals surface area contributed by atoms with Crippen LogP contribution >= 0.6 is 0 Å². The molecule has 0 bridgehead atoms. The van der Waals surface area contributed by atoms with Gasteiger partial charge in [-0.3, -0.25) is 4.79 Å². The van der Waals surface area contributed by atoms with Crippen LogP contribution in [0.2, 0.25) is 0 Å². The zero-order valence-electron chi connectivity index (χ0n) is 8.98. The topological polar surface area (TPSA) is 29.1 Å². The molecular weight excluding hydrogens is 205 g/mol. The summed E-state index contributed by atoms with van der Waals surface area (Å²) in [7, 11) is 0. The highest BCUT2D eigenvalue weighted by molar-refractivity contribution is 5.79. The van der Waals surface area contributed by atoms with Gasteiger partial charge in [0.2, 0.25) is 0 Å². The zero-order valence-corrected chi connectivity index (χ0v) is 8.98. The molecule has 2 aliphatic carbocycles. The third kappa shape index (κ3) is 1.34. The molecule has 0 spiro atoms. The highest BCUT2D eigenvalue weighted by Gasteiger charge is 2.28. The van der Waals surface area contributed by atoms with Gasteiger partial charge in [-0.25, -0.2) is 4.39 Å². The molecule has 1 radical (unpaired) electrons. The minimum Gasteiger partial charge on any atom is -0.317 e. The van der Waals surface area contributed by atoms with Crippen LogP contribution in [-0.4, -0.2) is 12.6 Å². The van der Waals surface area contributed by atoms with Gasteiger partial charge in [-0.05, 0) is 41.5 Å². The molecule has 0 heterocycles. The van der Waals surface area contributed by atoms with Crippen molar-refractivity contribution in [3.63, 3.8) is 0 Å². The van der Waals surface area contributed by atoms with Crippen molar-refractivity contribution in [3.05, 3.63) is 28.3 Å². The van der Waals surface area contributed by atoms with Crippen LogP contribution in [0.5, 0.6) is 0 Å². The van der Waals surface area contributed by atoms with Crippen molar-refractivity contribution in [2.45, 2.75) is 38.3 Å². The van der Waals surface area contributed by atoms with E-state index < -0.39 is 6.17 Å². The van der Waals surface area contributed by atoms with Gasteiger partial charge in [-0.2, -0.15) is 0 Å². The van der Waals surface area contributed by atoms with Crippen molar-refractivity contribution in [1.29, 1.82) is 0 Å². The number of benzene rings is 1. The maximum atomic E-state index is 13.4. The number of hydrogen-bond donors (Lipinski definition) is 1. The van der Waals surface area contributed by atoms with Crippen LogP contribution in [0, 0.1) is 0 Å². The fraction of sp³-hybridized carbons (Fsp3) is 0.462. The number of aryl methyl sites for hydroxylation is 1. The molecule has 16 heavy (non-hydrogen) atoms. The summed E-state index contributed by atoms with van der Waals surface area (Å²) in [5.74, 6) is 0. The molecule has 1 aromatic carbocycles. The number of anilines is 1. The first-order chi connectivity index (χ1) is 7.79. The molecule has 0 saturated carbocycles. The lowest BCUT2D eigenvalue weighted by molar-refractivity contribution is 0.349. The third-order valence-corrected chi connectivity index (χ3v) is 3.64. The Bertz CT molecular complexity index is 456. The molecule has 0 saturated heterocycles. The number of rotatable bonds is 2. The van der Waals surface area contributed by atoms with Gasteiger partial charge in [0.1, 0.15) is 6.17 Å². The SMILES string of the molecule is O=[C]Nc1c2c(cc3c1C[C@@H](F)C3)CCC2. The van der Waals surface area contributed by atoms with Gasteiger partial charge >= 0.3 is 6.41 Å². The molecule has 2 aliphatic rings. The van der Waals surface area contributed by atoms with E-state index in [0.717, 1.165) is 36.1 Å². The van der Waals surface area contributed by atoms with Crippen molar-refractivity contribution >= 4 is 12.1 Å². The summed E-state index contributed by atoms with van der Waals surface area (Å²) in [6, 6.07) is 2.13. The van der Waals surface area contributed by atoms with E-state index >= 15 is 0 Å². The average molecular weight is 218 g/mol. The number of amides is 1. The Kier molecular flexibility index (Phi) is 2.20. The maximum Gasteiger partial charge on any atom is 0.314 e. The average Bonchev–Trinajstić information content (AvgIpc) is 2.83. The van der Waals surface area contributed by atoms with Gasteiger partial charge in [0, 0.05) is 18.5 Å². The van der Waals surface area contributed by atoms with Gasteiger partial charge in [-0.1, -0.05) is 6.07 Å². The lowest BCUT2D eigenvalue weighted by atomic mass is 9.99. The Morgan fingerprint density at radius 2 is 2.12 bits per heavy atom. The molecule has 1 N–H and O–H groups in total. The van der Waals surface area contributed by atoms with E-state index in [2.05, 4.69) is 11.4 Å². The van der Waals surface area contributed by atoms with E-state index in [1.807, 2.05) is 0 Å². The van der Waals surface area contributed by atoms with E-state index in [4.69, 9.17) is 0 Å². The fourth-order valence-corrected chi connectivity index (χ4v) is 3.00. The summed E-state index contributed by atoms with van der Waals surface area (Å²) in [5.41, 5.74) is 5.41. The van der Waals surface area contributed by atoms with Crippen LogP contribution in [-0.2, 0) is 30.5 Å². The van der Waals surface area contributed by atoms with Crippen LogP contribution in [0.15, 0.2) is 6.07 Å². The molecule has 0 unspecified atom stereocenters. The monoisotopic (exact) mass is 218 g/mol. The second-order valence-corrected chi connectivity index (χ2v) is 4.61. The first-order valence-corrected chi connectivity index (χ1v) is 5.73. The highest BCUT2D eigenvalue weighted by Crippen LogP contribution is 2.38. The number of carbonyl (C=O) groups excluding carboxylic acids is 1. The van der Waals surface area contributed by atoms with Gasteiger partial charge in [0.25, 0.3) is 0 Å². The number of nitrogens with one attached hydrogen (secondary N) is 1. The zero-order chi connectivity index (χ0) is 11.1. The van der Waals surface area contributed by atoms with E-state index in [1.54, 1.807) is 6.41 Å². The van der Waals surface area contributed by atoms with Crippen LogP contribution in [0.4, 0.5) is 10.1 Å². The predicted molar refractivity (Wildman–Crippen MR) is 60.1 cm³/mol. The van der Waals surface area contributed by atoms with E-state index in [9.17, 15) is 9.18 Å². The minimum atomic E-state index is -0.787. The van der Waals surface area contributed by atoms with Gasteiger partial charge in [0.15, 0.2) is 0 Å². The Labute approximate surface area is 93.9 Å². The fourth-order valence-electron chi connectivity index (χ4n) is 3.00. The van der Waals surface area contributed by atoms with Crippen LogP contribution in [0.25, 0.3) is 0 Å². The normalized spacial score (nSPS) is 21.7. The van der Waals surface area contributed by atoms with Gasteiger partial charge in [-0.15, -0.1) is 0 Å². The summed E-state index contributed by atoms with van der Waals surface area (Å²) in [6.07, 6.45) is 5.05. The molecule has 2 nitrogen and oxygen atoms in total. The van der Waals surface area contributed by atoms with Crippen molar-refractivity contribution in [1.82, 2.24) is 0 Å². The quantitative estimate of drug-likeness (QED) is 0.757. The Morgan fingerprint density at radius 3 is 2.94 bits per heavy atom. The number of halogens is 1. The maximum absolute atomic E-state index is 13.4. The smallest absolute Gasteiger partial charge is 0.314 e. The molecule has 1 atom stereocenters. The second kappa shape index (κ2) is 3.58. The summed E-state index contributed by atoms with van der Waals surface area (Å²) in [6.45, 7) is 0. The molecule has 0 fully saturated rings. The summed E-state index contributed by atoms with van der Waals surface area (Å²) < 4.78 is 13.4. The lowest BCUT2D eigenvalue weighted by Crippen LogP contribution is -2.04. The summed E-state index contributed by atoms with van der Waals surface area (Å²) in [5, 5.41) is 2.66. The van der Waals surface area contributed by atoms with Crippen molar-refractivity contribution in [3.8, 4) is 0 Å². The standard InChI is InChI=1S/C13H13FNO/c14-10-5-9-4-8-2-1-3-11(8)13(15-7-16)12(9)6-10/h4,10H,1-3,5-6H2,(H,15,16)/t10-/m0/s1. The minimum absolute atomic E-state index is 0.437. The Hall–Kier alpha value is -1.38. The molecule has 3 heteroatoms.